The second kappa shape index (κ2) is 6.06. The van der Waals surface area contributed by atoms with Crippen LogP contribution in [0.3, 0.4) is 0 Å². The monoisotopic (exact) mass is 288 g/mol. The molecule has 1 saturated carbocycles. The maximum absolute atomic E-state index is 11.4. The number of hydrogen-bond donors (Lipinski definition) is 1. The van der Waals surface area contributed by atoms with E-state index in [9.17, 15) is 4.79 Å². The summed E-state index contributed by atoms with van der Waals surface area (Å²) in [6.45, 7) is 4.38. The molecule has 2 fully saturated rings. The van der Waals surface area contributed by atoms with Gasteiger partial charge in [0.1, 0.15) is 11.9 Å². The Labute approximate surface area is 126 Å². The fourth-order valence-corrected chi connectivity index (χ4v) is 3.35. The molecule has 4 heteroatoms. The van der Waals surface area contributed by atoms with E-state index >= 15 is 0 Å². The minimum Gasteiger partial charge on any atom is -0.490 e. The SMILES string of the molecule is Cc1ccc(OC2CC(N3CCCCC3)C2)cc1C(N)=O. The lowest BCUT2D eigenvalue weighted by Gasteiger charge is -2.44. The molecule has 0 radical (unpaired) electrons. The molecule has 21 heavy (non-hydrogen) atoms. The molecule has 1 aliphatic heterocycles. The second-order valence-electron chi connectivity index (χ2n) is 6.30. The minimum atomic E-state index is -0.391. The number of piperidine rings is 1. The van der Waals surface area contributed by atoms with Gasteiger partial charge in [-0.05, 0) is 50.6 Å². The van der Waals surface area contributed by atoms with Crippen molar-refractivity contribution in [2.24, 2.45) is 5.73 Å². The maximum atomic E-state index is 11.4. The summed E-state index contributed by atoms with van der Waals surface area (Å²) in [5.41, 5.74) is 6.83. The molecule has 1 aliphatic carbocycles. The van der Waals surface area contributed by atoms with Gasteiger partial charge in [-0.15, -0.1) is 0 Å². The van der Waals surface area contributed by atoms with Crippen LogP contribution in [0.25, 0.3) is 0 Å². The molecule has 114 valence electrons. The summed E-state index contributed by atoms with van der Waals surface area (Å²) >= 11 is 0. The maximum Gasteiger partial charge on any atom is 0.249 e. The highest BCUT2D eigenvalue weighted by Gasteiger charge is 2.35. The van der Waals surface area contributed by atoms with E-state index < -0.39 is 5.91 Å². The molecule has 1 heterocycles. The summed E-state index contributed by atoms with van der Waals surface area (Å²) < 4.78 is 5.98. The van der Waals surface area contributed by atoms with Gasteiger partial charge < -0.3 is 15.4 Å². The molecule has 0 bridgehead atoms. The Balaban J connectivity index is 1.54. The lowest BCUT2D eigenvalue weighted by molar-refractivity contribution is 0.00887. The van der Waals surface area contributed by atoms with E-state index in [1.807, 2.05) is 19.1 Å². The molecule has 2 N–H and O–H groups in total. The summed E-state index contributed by atoms with van der Waals surface area (Å²) in [6.07, 6.45) is 6.52. The Morgan fingerprint density at radius 1 is 1.24 bits per heavy atom. The molecule has 0 aromatic heterocycles. The van der Waals surface area contributed by atoms with E-state index in [0.29, 0.717) is 11.6 Å². The first-order chi connectivity index (χ1) is 10.1. The Kier molecular flexibility index (Phi) is 4.15. The van der Waals surface area contributed by atoms with Gasteiger partial charge in [-0.2, -0.15) is 0 Å². The molecule has 3 rings (SSSR count). The number of nitrogens with zero attached hydrogens (tertiary/aromatic N) is 1. The molecule has 1 amide bonds. The minimum absolute atomic E-state index is 0.278. The van der Waals surface area contributed by atoms with E-state index in [2.05, 4.69) is 4.90 Å². The fraction of sp³-hybridized carbons (Fsp3) is 0.588. The van der Waals surface area contributed by atoms with Gasteiger partial charge in [0.15, 0.2) is 0 Å². The van der Waals surface area contributed by atoms with Crippen molar-refractivity contribution in [2.45, 2.75) is 51.2 Å². The number of amides is 1. The largest absolute Gasteiger partial charge is 0.490 e. The molecule has 1 aromatic carbocycles. The topological polar surface area (TPSA) is 55.6 Å². The number of carbonyl (C=O) groups is 1. The Morgan fingerprint density at radius 3 is 2.62 bits per heavy atom. The van der Waals surface area contributed by atoms with Crippen LogP contribution in [-0.2, 0) is 0 Å². The number of primary amides is 1. The Hall–Kier alpha value is -1.55. The normalized spacial score (nSPS) is 26.1. The summed E-state index contributed by atoms with van der Waals surface area (Å²) in [6, 6.07) is 6.29. The van der Waals surface area contributed by atoms with Gasteiger partial charge in [-0.25, -0.2) is 0 Å². The predicted molar refractivity (Wildman–Crippen MR) is 82.6 cm³/mol. The van der Waals surface area contributed by atoms with Crippen LogP contribution in [0.5, 0.6) is 5.75 Å². The Bertz CT molecular complexity index is 518. The number of carbonyl (C=O) groups excluding carboxylic acids is 1. The Morgan fingerprint density at radius 2 is 1.95 bits per heavy atom. The van der Waals surface area contributed by atoms with Crippen LogP contribution in [0.4, 0.5) is 0 Å². The number of aryl methyl sites for hydroxylation is 1. The van der Waals surface area contributed by atoms with E-state index in [-0.39, 0.29) is 6.10 Å². The van der Waals surface area contributed by atoms with Crippen molar-refractivity contribution in [2.75, 3.05) is 13.1 Å². The van der Waals surface area contributed by atoms with Gasteiger partial charge in [0.05, 0.1) is 0 Å². The van der Waals surface area contributed by atoms with Crippen molar-refractivity contribution in [1.29, 1.82) is 0 Å². The zero-order valence-electron chi connectivity index (χ0n) is 12.7. The highest BCUT2D eigenvalue weighted by Crippen LogP contribution is 2.32. The predicted octanol–water partition coefficient (Wildman–Crippen LogP) is 2.49. The van der Waals surface area contributed by atoms with Crippen LogP contribution in [0, 0.1) is 6.92 Å². The third kappa shape index (κ3) is 3.21. The molecule has 2 aliphatic rings. The van der Waals surface area contributed by atoms with Crippen LogP contribution in [0.1, 0.15) is 48.0 Å². The number of rotatable bonds is 4. The zero-order valence-corrected chi connectivity index (χ0v) is 12.7. The first-order valence-corrected chi connectivity index (χ1v) is 7.94. The van der Waals surface area contributed by atoms with Gasteiger partial charge in [0.2, 0.25) is 5.91 Å². The zero-order chi connectivity index (χ0) is 14.8. The molecule has 4 nitrogen and oxygen atoms in total. The van der Waals surface area contributed by atoms with Crippen LogP contribution >= 0.6 is 0 Å². The molecule has 0 spiro atoms. The number of hydrogen-bond acceptors (Lipinski definition) is 3. The molecular formula is C17H24N2O2. The highest BCUT2D eigenvalue weighted by molar-refractivity contribution is 5.94. The van der Waals surface area contributed by atoms with E-state index in [1.54, 1.807) is 6.07 Å². The number of likely N-dealkylation sites (tertiary alicyclic amines) is 1. The summed E-state index contributed by atoms with van der Waals surface area (Å²) in [4.78, 5) is 14.0. The molecule has 1 aromatic rings. The van der Waals surface area contributed by atoms with Crippen molar-refractivity contribution in [1.82, 2.24) is 4.90 Å². The molecule has 0 unspecified atom stereocenters. The van der Waals surface area contributed by atoms with E-state index in [4.69, 9.17) is 10.5 Å². The lowest BCUT2D eigenvalue weighted by Crippen LogP contribution is -2.50. The highest BCUT2D eigenvalue weighted by atomic mass is 16.5. The molecule has 0 atom stereocenters. The van der Waals surface area contributed by atoms with Crippen LogP contribution in [-0.4, -0.2) is 36.0 Å². The number of nitrogens with two attached hydrogens (primary N) is 1. The van der Waals surface area contributed by atoms with Crippen molar-refractivity contribution in [3.63, 3.8) is 0 Å². The van der Waals surface area contributed by atoms with Crippen molar-refractivity contribution < 1.29 is 9.53 Å². The third-order valence-electron chi connectivity index (χ3n) is 4.75. The van der Waals surface area contributed by atoms with Gasteiger partial charge in [0, 0.05) is 24.4 Å². The molecular weight excluding hydrogens is 264 g/mol. The smallest absolute Gasteiger partial charge is 0.249 e. The van der Waals surface area contributed by atoms with Gasteiger partial charge >= 0.3 is 0 Å². The average Bonchev–Trinajstić information content (AvgIpc) is 2.44. The standard InChI is InChI=1S/C17H24N2O2/c1-12-5-6-14(11-16(12)17(18)20)21-15-9-13(10-15)19-7-3-2-4-8-19/h5-6,11,13,15H,2-4,7-10H2,1H3,(H2,18,20). The number of ether oxygens (including phenoxy) is 1. The first-order valence-electron chi connectivity index (χ1n) is 7.94. The summed E-state index contributed by atoms with van der Waals surface area (Å²) in [5.74, 6) is 0.370. The van der Waals surface area contributed by atoms with Crippen molar-refractivity contribution >= 4 is 5.91 Å². The van der Waals surface area contributed by atoms with Gasteiger partial charge in [-0.1, -0.05) is 12.5 Å². The van der Waals surface area contributed by atoms with Crippen LogP contribution < -0.4 is 10.5 Å². The first kappa shape index (κ1) is 14.4. The van der Waals surface area contributed by atoms with Crippen molar-refractivity contribution in [3.8, 4) is 5.75 Å². The lowest BCUT2D eigenvalue weighted by atomic mass is 9.86. The summed E-state index contributed by atoms with van der Waals surface area (Å²) in [5, 5.41) is 0. The molecule has 1 saturated heterocycles. The van der Waals surface area contributed by atoms with E-state index in [1.165, 1.54) is 32.4 Å². The van der Waals surface area contributed by atoms with Crippen LogP contribution in [0.2, 0.25) is 0 Å². The average molecular weight is 288 g/mol. The third-order valence-corrected chi connectivity index (χ3v) is 4.75. The fourth-order valence-electron chi connectivity index (χ4n) is 3.35. The van der Waals surface area contributed by atoms with E-state index in [0.717, 1.165) is 24.2 Å². The summed E-state index contributed by atoms with van der Waals surface area (Å²) in [7, 11) is 0. The van der Waals surface area contributed by atoms with Crippen molar-refractivity contribution in [3.05, 3.63) is 29.3 Å². The van der Waals surface area contributed by atoms with Gasteiger partial charge in [0.25, 0.3) is 0 Å². The van der Waals surface area contributed by atoms with Crippen LogP contribution in [0.15, 0.2) is 18.2 Å². The van der Waals surface area contributed by atoms with Gasteiger partial charge in [-0.3, -0.25) is 4.79 Å². The second-order valence-corrected chi connectivity index (χ2v) is 6.30. The number of benzene rings is 1. The quantitative estimate of drug-likeness (QED) is 0.926.